The molecule has 8 nitrogen and oxygen atoms in total. The average Bonchev–Trinajstić information content (AvgIpc) is 2.93. The summed E-state index contributed by atoms with van der Waals surface area (Å²) in [7, 11) is -2.48. The van der Waals surface area contributed by atoms with Gasteiger partial charge in [-0.15, -0.1) is 0 Å². The molecule has 3 aromatic carbocycles. The van der Waals surface area contributed by atoms with Gasteiger partial charge in [0.25, 0.3) is 0 Å². The third kappa shape index (κ3) is 9.11. The van der Waals surface area contributed by atoms with E-state index in [0.29, 0.717) is 22.9 Å². The second kappa shape index (κ2) is 14.6. The molecule has 0 saturated carbocycles. The van der Waals surface area contributed by atoms with Gasteiger partial charge in [0.15, 0.2) is 0 Å². The maximum absolute atomic E-state index is 14.1. The van der Waals surface area contributed by atoms with E-state index in [1.807, 2.05) is 44.2 Å². The van der Waals surface area contributed by atoms with Gasteiger partial charge in [0.2, 0.25) is 21.8 Å². The molecule has 1 atom stereocenters. The Bertz CT molecular complexity index is 1450. The first-order valence-electron chi connectivity index (χ1n) is 13.1. The van der Waals surface area contributed by atoms with Crippen molar-refractivity contribution in [2.24, 2.45) is 5.92 Å². The standard InChI is InChI=1S/C30H35Cl2N3O5S/c1-21(2)18-33-30(37)27(16-22-10-6-5-7-11-22)34(19-23-12-8-9-13-25(23)31)29(36)20-35(41(4,38)39)24-14-15-28(40-3)26(32)17-24/h5-15,17,21,27H,16,18-20H2,1-4H3,(H,33,37)/t27-/m1/s1. The number of carbonyl (C=O) groups excluding carboxylic acids is 2. The molecule has 0 unspecified atom stereocenters. The third-order valence-electron chi connectivity index (χ3n) is 6.36. The van der Waals surface area contributed by atoms with Gasteiger partial charge in [-0.3, -0.25) is 13.9 Å². The summed E-state index contributed by atoms with van der Waals surface area (Å²) < 4.78 is 32.0. The van der Waals surface area contributed by atoms with E-state index in [-0.39, 0.29) is 35.5 Å². The first kappa shape index (κ1) is 32.2. The topological polar surface area (TPSA) is 96.0 Å². The van der Waals surface area contributed by atoms with Gasteiger partial charge < -0.3 is 15.0 Å². The van der Waals surface area contributed by atoms with Crippen molar-refractivity contribution in [1.82, 2.24) is 10.2 Å². The largest absolute Gasteiger partial charge is 0.495 e. The Balaban J connectivity index is 2.07. The number of ether oxygens (including phenoxy) is 1. The third-order valence-corrected chi connectivity index (χ3v) is 8.16. The van der Waals surface area contributed by atoms with Crippen molar-refractivity contribution in [1.29, 1.82) is 0 Å². The van der Waals surface area contributed by atoms with E-state index in [1.165, 1.54) is 30.2 Å². The molecule has 1 N–H and O–H groups in total. The van der Waals surface area contributed by atoms with Gasteiger partial charge in [-0.25, -0.2) is 8.42 Å². The van der Waals surface area contributed by atoms with Crippen LogP contribution in [-0.4, -0.2) is 57.6 Å². The summed E-state index contributed by atoms with van der Waals surface area (Å²) in [6.45, 7) is 3.80. The average molecular weight is 621 g/mol. The van der Waals surface area contributed by atoms with E-state index < -0.39 is 28.5 Å². The Kier molecular flexibility index (Phi) is 11.5. The molecule has 0 heterocycles. The molecule has 0 aromatic heterocycles. The minimum Gasteiger partial charge on any atom is -0.495 e. The maximum atomic E-state index is 14.1. The lowest BCUT2D eigenvalue weighted by Gasteiger charge is -2.34. The predicted octanol–water partition coefficient (Wildman–Crippen LogP) is 5.18. The molecular formula is C30H35Cl2N3O5S. The van der Waals surface area contributed by atoms with E-state index >= 15 is 0 Å². The van der Waals surface area contributed by atoms with Gasteiger partial charge in [0.1, 0.15) is 18.3 Å². The highest BCUT2D eigenvalue weighted by atomic mass is 35.5. The van der Waals surface area contributed by atoms with Gasteiger partial charge in [0.05, 0.1) is 24.1 Å². The van der Waals surface area contributed by atoms with Crippen LogP contribution in [0.5, 0.6) is 5.75 Å². The first-order valence-corrected chi connectivity index (χ1v) is 15.7. The summed E-state index contributed by atoms with van der Waals surface area (Å²) in [4.78, 5) is 29.1. The number of amides is 2. The summed E-state index contributed by atoms with van der Waals surface area (Å²) >= 11 is 12.7. The van der Waals surface area contributed by atoms with Gasteiger partial charge >= 0.3 is 0 Å². The molecule has 11 heteroatoms. The molecule has 3 rings (SSSR count). The highest BCUT2D eigenvalue weighted by Gasteiger charge is 2.33. The number of nitrogens with one attached hydrogen (secondary N) is 1. The normalized spacial score (nSPS) is 12.1. The zero-order valence-corrected chi connectivity index (χ0v) is 25.8. The monoisotopic (exact) mass is 619 g/mol. The Morgan fingerprint density at radius 3 is 2.20 bits per heavy atom. The highest BCUT2D eigenvalue weighted by Crippen LogP contribution is 2.30. The molecule has 0 aliphatic carbocycles. The van der Waals surface area contributed by atoms with Crippen molar-refractivity contribution < 1.29 is 22.7 Å². The molecule has 3 aromatic rings. The van der Waals surface area contributed by atoms with E-state index in [0.717, 1.165) is 16.1 Å². The second-order valence-corrected chi connectivity index (χ2v) is 12.8. The molecule has 2 amide bonds. The lowest BCUT2D eigenvalue weighted by molar-refractivity contribution is -0.140. The van der Waals surface area contributed by atoms with E-state index in [9.17, 15) is 18.0 Å². The van der Waals surface area contributed by atoms with Crippen molar-refractivity contribution in [2.75, 3.05) is 30.8 Å². The number of halogens is 2. The van der Waals surface area contributed by atoms with Crippen molar-refractivity contribution >= 4 is 50.7 Å². The Morgan fingerprint density at radius 2 is 1.61 bits per heavy atom. The summed E-state index contributed by atoms with van der Waals surface area (Å²) in [6, 6.07) is 19.9. The van der Waals surface area contributed by atoms with Crippen LogP contribution in [0.3, 0.4) is 0 Å². The Hall–Kier alpha value is -3.27. The SMILES string of the molecule is COc1ccc(N(CC(=O)N(Cc2ccccc2Cl)[C@H](Cc2ccccc2)C(=O)NCC(C)C)S(C)(=O)=O)cc1Cl. The number of carbonyl (C=O) groups is 2. The summed E-state index contributed by atoms with van der Waals surface area (Å²) in [5, 5.41) is 3.56. The summed E-state index contributed by atoms with van der Waals surface area (Å²) in [5.41, 5.74) is 1.65. The zero-order valence-electron chi connectivity index (χ0n) is 23.5. The number of rotatable bonds is 13. The van der Waals surface area contributed by atoms with Crippen LogP contribution in [0.15, 0.2) is 72.8 Å². The molecular weight excluding hydrogens is 585 g/mol. The minimum absolute atomic E-state index is 0.00786. The van der Waals surface area contributed by atoms with Crippen molar-refractivity contribution in [3.05, 3.63) is 94.0 Å². The molecule has 0 bridgehead atoms. The Labute approximate surface area is 252 Å². The molecule has 220 valence electrons. The molecule has 0 radical (unpaired) electrons. The van der Waals surface area contributed by atoms with E-state index in [1.54, 1.807) is 24.3 Å². The quantitative estimate of drug-likeness (QED) is 0.284. The number of methoxy groups -OCH3 is 1. The molecule has 0 aliphatic heterocycles. The van der Waals surface area contributed by atoms with Crippen LogP contribution in [0.25, 0.3) is 0 Å². The van der Waals surface area contributed by atoms with E-state index in [2.05, 4.69) is 5.32 Å². The number of nitrogens with zero attached hydrogens (tertiary/aromatic N) is 2. The molecule has 0 fully saturated rings. The lowest BCUT2D eigenvalue weighted by atomic mass is 10.0. The Morgan fingerprint density at radius 1 is 0.951 bits per heavy atom. The second-order valence-electron chi connectivity index (χ2n) is 10.0. The smallest absolute Gasteiger partial charge is 0.244 e. The summed E-state index contributed by atoms with van der Waals surface area (Å²) in [6.07, 6.45) is 1.22. The van der Waals surface area contributed by atoms with Crippen molar-refractivity contribution in [3.63, 3.8) is 0 Å². The van der Waals surface area contributed by atoms with Gasteiger partial charge in [-0.05, 0) is 41.3 Å². The molecule has 41 heavy (non-hydrogen) atoms. The zero-order chi connectivity index (χ0) is 30.2. The van der Waals surface area contributed by atoms with Crippen LogP contribution in [0, 0.1) is 5.92 Å². The van der Waals surface area contributed by atoms with E-state index in [4.69, 9.17) is 27.9 Å². The fourth-order valence-electron chi connectivity index (χ4n) is 4.21. The van der Waals surface area contributed by atoms with Crippen LogP contribution in [0.1, 0.15) is 25.0 Å². The van der Waals surface area contributed by atoms with Crippen LogP contribution >= 0.6 is 23.2 Å². The first-order chi connectivity index (χ1) is 19.4. The fourth-order valence-corrected chi connectivity index (χ4v) is 5.50. The number of sulfonamides is 1. The lowest BCUT2D eigenvalue weighted by Crippen LogP contribution is -2.53. The van der Waals surface area contributed by atoms with Gasteiger partial charge in [-0.1, -0.05) is 85.6 Å². The predicted molar refractivity (Wildman–Crippen MR) is 164 cm³/mol. The highest BCUT2D eigenvalue weighted by molar-refractivity contribution is 7.92. The number of anilines is 1. The van der Waals surface area contributed by atoms with Crippen molar-refractivity contribution in [2.45, 2.75) is 32.9 Å². The number of hydrogen-bond acceptors (Lipinski definition) is 5. The number of benzene rings is 3. The van der Waals surface area contributed by atoms with Gasteiger partial charge in [0, 0.05) is 24.5 Å². The molecule has 0 aliphatic rings. The maximum Gasteiger partial charge on any atom is 0.244 e. The van der Waals surface area contributed by atoms with Crippen LogP contribution in [0.4, 0.5) is 5.69 Å². The molecule has 0 saturated heterocycles. The van der Waals surface area contributed by atoms with Crippen LogP contribution in [0.2, 0.25) is 10.0 Å². The van der Waals surface area contributed by atoms with Gasteiger partial charge in [-0.2, -0.15) is 0 Å². The minimum atomic E-state index is -3.93. The van der Waals surface area contributed by atoms with Crippen LogP contribution in [-0.2, 0) is 32.6 Å². The number of hydrogen-bond donors (Lipinski definition) is 1. The fraction of sp³-hybridized carbons (Fsp3) is 0.333. The molecule has 0 spiro atoms. The van der Waals surface area contributed by atoms with Crippen LogP contribution < -0.4 is 14.4 Å². The summed E-state index contributed by atoms with van der Waals surface area (Å²) in [5.74, 6) is -0.380. The van der Waals surface area contributed by atoms with Crippen molar-refractivity contribution in [3.8, 4) is 5.75 Å².